The molecule has 1 saturated carbocycles. The second-order valence-corrected chi connectivity index (χ2v) is 9.80. The smallest absolute Gasteiger partial charge is 0.154 e. The Hall–Kier alpha value is -0.0900. The van der Waals surface area contributed by atoms with Gasteiger partial charge in [0.15, 0.2) is 9.84 Å². The summed E-state index contributed by atoms with van der Waals surface area (Å²) >= 11 is 0. The zero-order valence-corrected chi connectivity index (χ0v) is 13.4. The van der Waals surface area contributed by atoms with Gasteiger partial charge in [-0.2, -0.15) is 0 Å². The Labute approximate surface area is 118 Å². The first kappa shape index (κ1) is 15.3. The van der Waals surface area contributed by atoms with Crippen molar-refractivity contribution in [3.05, 3.63) is 0 Å². The predicted molar refractivity (Wildman–Crippen MR) is 80.0 cm³/mol. The highest BCUT2D eigenvalue weighted by Crippen LogP contribution is 2.38. The molecule has 0 bridgehead atoms. The normalized spacial score (nSPS) is 35.4. The quantitative estimate of drug-likeness (QED) is 0.868. The minimum Gasteiger partial charge on any atom is -0.312 e. The molecule has 19 heavy (non-hydrogen) atoms. The molecular formula is C15H29NO2S. The molecular weight excluding hydrogens is 258 g/mol. The molecule has 1 saturated heterocycles. The van der Waals surface area contributed by atoms with Crippen LogP contribution in [0.4, 0.5) is 0 Å². The van der Waals surface area contributed by atoms with Crippen LogP contribution in [0.3, 0.4) is 0 Å². The van der Waals surface area contributed by atoms with Gasteiger partial charge in [-0.15, -0.1) is 0 Å². The van der Waals surface area contributed by atoms with Crippen LogP contribution in [0, 0.1) is 11.3 Å². The van der Waals surface area contributed by atoms with Gasteiger partial charge in [0.25, 0.3) is 0 Å². The molecule has 1 heterocycles. The molecule has 0 spiro atoms. The van der Waals surface area contributed by atoms with Crippen molar-refractivity contribution in [3.63, 3.8) is 0 Å². The highest BCUT2D eigenvalue weighted by molar-refractivity contribution is 7.92. The first-order valence-electron chi connectivity index (χ1n) is 7.75. The highest BCUT2D eigenvalue weighted by Gasteiger charge is 2.36. The zero-order valence-electron chi connectivity index (χ0n) is 12.6. The van der Waals surface area contributed by atoms with E-state index in [1.54, 1.807) is 0 Å². The Morgan fingerprint density at radius 3 is 2.32 bits per heavy atom. The van der Waals surface area contributed by atoms with Crippen molar-refractivity contribution in [1.82, 2.24) is 5.32 Å². The first-order valence-corrected chi connectivity index (χ1v) is 9.47. The van der Waals surface area contributed by atoms with E-state index in [1.165, 1.54) is 25.7 Å². The molecule has 3 nitrogen and oxygen atoms in total. The molecule has 1 aliphatic carbocycles. The van der Waals surface area contributed by atoms with E-state index in [2.05, 4.69) is 26.1 Å². The second-order valence-electron chi connectivity index (χ2n) is 7.40. The molecule has 0 radical (unpaired) electrons. The molecule has 2 fully saturated rings. The summed E-state index contributed by atoms with van der Waals surface area (Å²) in [6.07, 6.45) is 6.78. The lowest BCUT2D eigenvalue weighted by atomic mass is 9.69. The summed E-state index contributed by atoms with van der Waals surface area (Å²) in [6, 6.07) is 0.504. The van der Waals surface area contributed by atoms with Crippen molar-refractivity contribution in [1.29, 1.82) is 0 Å². The molecule has 0 aromatic rings. The number of sulfone groups is 1. The molecule has 1 aliphatic heterocycles. The van der Waals surface area contributed by atoms with Gasteiger partial charge in [0.05, 0.1) is 11.0 Å². The molecule has 2 rings (SSSR count). The molecule has 4 heteroatoms. The van der Waals surface area contributed by atoms with Crippen LogP contribution in [0.1, 0.15) is 59.3 Å². The fraction of sp³-hybridized carbons (Fsp3) is 1.00. The Morgan fingerprint density at radius 2 is 1.74 bits per heavy atom. The lowest BCUT2D eigenvalue weighted by Crippen LogP contribution is -2.47. The van der Waals surface area contributed by atoms with E-state index >= 15 is 0 Å². The monoisotopic (exact) mass is 287 g/mol. The van der Waals surface area contributed by atoms with Crippen LogP contribution in [-0.4, -0.2) is 32.0 Å². The van der Waals surface area contributed by atoms with Gasteiger partial charge >= 0.3 is 0 Å². The summed E-state index contributed by atoms with van der Waals surface area (Å²) in [5.74, 6) is 1.07. The van der Waals surface area contributed by atoms with Crippen LogP contribution in [0.2, 0.25) is 0 Å². The van der Waals surface area contributed by atoms with E-state index in [1.807, 2.05) is 0 Å². The van der Waals surface area contributed by atoms with E-state index in [-0.39, 0.29) is 5.25 Å². The summed E-state index contributed by atoms with van der Waals surface area (Å²) < 4.78 is 23.7. The summed E-state index contributed by atoms with van der Waals surface area (Å²) in [7, 11) is -2.80. The number of rotatable bonds is 3. The van der Waals surface area contributed by atoms with Gasteiger partial charge in [-0.25, -0.2) is 8.42 Å². The van der Waals surface area contributed by atoms with Gasteiger partial charge in [0.1, 0.15) is 0 Å². The number of hydrogen-bond donors (Lipinski definition) is 1. The van der Waals surface area contributed by atoms with Crippen molar-refractivity contribution in [2.45, 2.75) is 70.6 Å². The van der Waals surface area contributed by atoms with E-state index in [4.69, 9.17) is 0 Å². The molecule has 3 unspecified atom stereocenters. The Kier molecular flexibility index (Phi) is 4.61. The first-order chi connectivity index (χ1) is 8.81. The summed E-state index contributed by atoms with van der Waals surface area (Å²) in [4.78, 5) is 0. The van der Waals surface area contributed by atoms with Gasteiger partial charge < -0.3 is 5.32 Å². The van der Waals surface area contributed by atoms with Crippen LogP contribution in [0.15, 0.2) is 0 Å². The van der Waals surface area contributed by atoms with E-state index < -0.39 is 9.84 Å². The van der Waals surface area contributed by atoms with Crippen LogP contribution in [-0.2, 0) is 9.84 Å². The van der Waals surface area contributed by atoms with E-state index in [9.17, 15) is 8.42 Å². The minimum atomic E-state index is -2.80. The standard InChI is InChI=1S/C15H29NO2S/c1-15(2,3)13-8-4-5-9-14(13)16-11-12-7-6-10-19(12,17)18/h12-14,16H,4-11H2,1-3H3. The van der Waals surface area contributed by atoms with Gasteiger partial charge in [-0.05, 0) is 37.0 Å². The van der Waals surface area contributed by atoms with Gasteiger partial charge in [-0.1, -0.05) is 33.6 Å². The molecule has 2 aliphatic rings. The third-order valence-electron chi connectivity index (χ3n) is 4.95. The van der Waals surface area contributed by atoms with E-state index in [0.29, 0.717) is 29.7 Å². The van der Waals surface area contributed by atoms with Crippen LogP contribution >= 0.6 is 0 Å². The molecule has 112 valence electrons. The summed E-state index contributed by atoms with van der Waals surface area (Å²) in [5, 5.41) is 3.47. The van der Waals surface area contributed by atoms with Gasteiger partial charge in [0, 0.05) is 12.6 Å². The summed E-state index contributed by atoms with van der Waals surface area (Å²) in [6.45, 7) is 7.59. The molecule has 0 amide bonds. The second kappa shape index (κ2) is 5.72. The maximum absolute atomic E-state index is 11.9. The number of nitrogens with one attached hydrogen (secondary N) is 1. The maximum atomic E-state index is 11.9. The van der Waals surface area contributed by atoms with Crippen molar-refractivity contribution in [3.8, 4) is 0 Å². The van der Waals surface area contributed by atoms with Crippen molar-refractivity contribution < 1.29 is 8.42 Å². The fourth-order valence-electron chi connectivity index (χ4n) is 3.78. The van der Waals surface area contributed by atoms with Crippen molar-refractivity contribution in [2.24, 2.45) is 11.3 Å². The SMILES string of the molecule is CC(C)(C)C1CCCCC1NCC1CCCS1(=O)=O. The van der Waals surface area contributed by atoms with Crippen LogP contribution in [0.25, 0.3) is 0 Å². The minimum absolute atomic E-state index is 0.130. The number of hydrogen-bond acceptors (Lipinski definition) is 3. The molecule has 0 aromatic carbocycles. The molecule has 3 atom stereocenters. The third-order valence-corrected chi connectivity index (χ3v) is 7.22. The van der Waals surface area contributed by atoms with Gasteiger partial charge in [-0.3, -0.25) is 0 Å². The van der Waals surface area contributed by atoms with Crippen molar-refractivity contribution >= 4 is 9.84 Å². The molecule has 0 aromatic heterocycles. The lowest BCUT2D eigenvalue weighted by Gasteiger charge is -2.41. The predicted octanol–water partition coefficient (Wildman–Crippen LogP) is 2.76. The summed E-state index contributed by atoms with van der Waals surface area (Å²) in [5.41, 5.74) is 0.312. The molecule has 1 N–H and O–H groups in total. The average molecular weight is 287 g/mol. The largest absolute Gasteiger partial charge is 0.312 e. The van der Waals surface area contributed by atoms with Crippen LogP contribution < -0.4 is 5.32 Å². The highest BCUT2D eigenvalue weighted by atomic mass is 32.2. The third kappa shape index (κ3) is 3.72. The Morgan fingerprint density at radius 1 is 1.05 bits per heavy atom. The van der Waals surface area contributed by atoms with Gasteiger partial charge in [0.2, 0.25) is 0 Å². The maximum Gasteiger partial charge on any atom is 0.154 e. The average Bonchev–Trinajstić information content (AvgIpc) is 2.65. The fourth-order valence-corrected chi connectivity index (χ4v) is 5.56. The van der Waals surface area contributed by atoms with Crippen LogP contribution in [0.5, 0.6) is 0 Å². The lowest BCUT2D eigenvalue weighted by molar-refractivity contribution is 0.131. The van der Waals surface area contributed by atoms with Crippen molar-refractivity contribution in [2.75, 3.05) is 12.3 Å². The Balaban J connectivity index is 1.93. The topological polar surface area (TPSA) is 46.2 Å². The van der Waals surface area contributed by atoms with E-state index in [0.717, 1.165) is 12.8 Å². The Bertz CT molecular complexity index is 397. The zero-order chi connectivity index (χ0) is 14.1.